The summed E-state index contributed by atoms with van der Waals surface area (Å²) in [5, 5.41) is 2.49. The summed E-state index contributed by atoms with van der Waals surface area (Å²) >= 11 is 0. The van der Waals surface area contributed by atoms with Crippen molar-refractivity contribution in [3.8, 4) is 11.3 Å². The van der Waals surface area contributed by atoms with E-state index in [1.54, 1.807) is 78.6 Å². The lowest BCUT2D eigenvalue weighted by molar-refractivity contribution is 0.0601. The van der Waals surface area contributed by atoms with Crippen molar-refractivity contribution in [2.45, 2.75) is 0 Å². The monoisotopic (exact) mass is 459 g/mol. The minimum absolute atomic E-state index is 0.289. The molecule has 0 aliphatic heterocycles. The van der Waals surface area contributed by atoms with Gasteiger partial charge in [0, 0.05) is 25.0 Å². The molecule has 0 atom stereocenters. The van der Waals surface area contributed by atoms with Crippen LogP contribution in [0.5, 0.6) is 0 Å². The summed E-state index contributed by atoms with van der Waals surface area (Å²) in [4.78, 5) is 46.8. The maximum Gasteiger partial charge on any atom is 0.412 e. The average Bonchev–Trinajstić information content (AvgIpc) is 3.31. The Morgan fingerprint density at radius 2 is 1.74 bits per heavy atom. The Balaban J connectivity index is 1.66. The number of fused-ring (bicyclic) bond motifs is 1. The Bertz CT molecular complexity index is 1380. The second-order valence-corrected chi connectivity index (χ2v) is 7.21. The number of methoxy groups -OCH3 is 2. The van der Waals surface area contributed by atoms with Crippen LogP contribution >= 0.6 is 0 Å². The summed E-state index contributed by atoms with van der Waals surface area (Å²) < 4.78 is 11.2. The lowest BCUT2D eigenvalue weighted by Gasteiger charge is -2.20. The number of carbonyl (C=O) groups is 3. The van der Waals surface area contributed by atoms with Gasteiger partial charge in [0.2, 0.25) is 0 Å². The Hall–Kier alpha value is -4.73. The fraction of sp³-hybridized carbons (Fsp3) is 0.125. The lowest BCUT2D eigenvalue weighted by Crippen LogP contribution is -2.28. The van der Waals surface area contributed by atoms with Crippen LogP contribution in [0.3, 0.4) is 0 Å². The van der Waals surface area contributed by atoms with E-state index < -0.39 is 12.1 Å². The van der Waals surface area contributed by atoms with Gasteiger partial charge in [0.25, 0.3) is 5.91 Å². The Morgan fingerprint density at radius 3 is 2.44 bits per heavy atom. The molecule has 4 rings (SSSR count). The maximum atomic E-state index is 13.3. The van der Waals surface area contributed by atoms with Crippen molar-refractivity contribution in [2.75, 3.05) is 31.5 Å². The molecule has 0 aliphatic carbocycles. The average molecular weight is 459 g/mol. The molecule has 0 aliphatic rings. The molecule has 3 aromatic heterocycles. The molecule has 0 saturated heterocycles. The van der Waals surface area contributed by atoms with Crippen molar-refractivity contribution in [2.24, 2.45) is 0 Å². The lowest BCUT2D eigenvalue weighted by atomic mass is 10.1. The summed E-state index contributed by atoms with van der Waals surface area (Å²) in [5.74, 6) is -0.500. The van der Waals surface area contributed by atoms with E-state index in [1.807, 2.05) is 0 Å². The van der Waals surface area contributed by atoms with Gasteiger partial charge in [0.1, 0.15) is 11.5 Å². The van der Waals surface area contributed by atoms with Gasteiger partial charge >= 0.3 is 12.1 Å². The normalized spacial score (nSPS) is 10.6. The molecular weight excluding hydrogens is 438 g/mol. The third kappa shape index (κ3) is 4.29. The fourth-order valence-electron chi connectivity index (χ4n) is 3.45. The van der Waals surface area contributed by atoms with Crippen LogP contribution in [-0.4, -0.2) is 53.6 Å². The van der Waals surface area contributed by atoms with Crippen molar-refractivity contribution in [1.29, 1.82) is 0 Å². The van der Waals surface area contributed by atoms with Gasteiger partial charge in [-0.05, 0) is 36.4 Å². The van der Waals surface area contributed by atoms with E-state index >= 15 is 0 Å². The van der Waals surface area contributed by atoms with Crippen LogP contribution < -0.4 is 10.2 Å². The number of nitrogens with zero attached hydrogens (tertiary/aromatic N) is 4. The highest BCUT2D eigenvalue weighted by molar-refractivity contribution is 6.09. The molecular formula is C24H21N5O5. The van der Waals surface area contributed by atoms with Crippen molar-refractivity contribution in [1.82, 2.24) is 14.4 Å². The zero-order valence-corrected chi connectivity index (χ0v) is 18.7. The zero-order chi connectivity index (χ0) is 24.2. The van der Waals surface area contributed by atoms with E-state index in [0.29, 0.717) is 28.4 Å². The number of benzene rings is 1. The number of amides is 2. The minimum atomic E-state index is -0.615. The molecule has 1 N–H and O–H groups in total. The first-order valence-corrected chi connectivity index (χ1v) is 10.2. The Kier molecular flexibility index (Phi) is 6.22. The van der Waals surface area contributed by atoms with Gasteiger partial charge in [-0.2, -0.15) is 0 Å². The molecule has 10 heteroatoms. The number of aromatic nitrogens is 3. The van der Waals surface area contributed by atoms with Crippen molar-refractivity contribution in [3.05, 3.63) is 78.2 Å². The first kappa shape index (κ1) is 22.5. The number of ether oxygens (including phenoxy) is 2. The number of rotatable bonds is 5. The molecule has 2 amide bonds. The topological polar surface area (TPSA) is 115 Å². The number of hydrogen-bond acceptors (Lipinski definition) is 7. The summed E-state index contributed by atoms with van der Waals surface area (Å²) in [6.45, 7) is 0. The van der Waals surface area contributed by atoms with E-state index in [-0.39, 0.29) is 11.5 Å². The molecule has 1 aromatic carbocycles. The maximum absolute atomic E-state index is 13.3. The molecule has 0 fully saturated rings. The predicted octanol–water partition coefficient (Wildman–Crippen LogP) is 3.64. The molecule has 0 bridgehead atoms. The number of anilines is 2. The largest absolute Gasteiger partial charge is 0.465 e. The van der Waals surface area contributed by atoms with E-state index in [9.17, 15) is 14.4 Å². The van der Waals surface area contributed by atoms with Gasteiger partial charge in [-0.15, -0.1) is 0 Å². The van der Waals surface area contributed by atoms with Crippen molar-refractivity contribution >= 4 is 35.1 Å². The number of nitrogens with one attached hydrogen (secondary N) is 1. The van der Waals surface area contributed by atoms with Crippen molar-refractivity contribution < 1.29 is 23.9 Å². The third-order valence-corrected chi connectivity index (χ3v) is 5.20. The van der Waals surface area contributed by atoms with Gasteiger partial charge in [0.05, 0.1) is 42.9 Å². The smallest absolute Gasteiger partial charge is 0.412 e. The zero-order valence-electron chi connectivity index (χ0n) is 18.7. The van der Waals surface area contributed by atoms with Crippen LogP contribution in [-0.2, 0) is 9.47 Å². The van der Waals surface area contributed by atoms with E-state index in [1.165, 1.54) is 19.1 Å². The van der Waals surface area contributed by atoms with Gasteiger partial charge in [0.15, 0.2) is 0 Å². The molecule has 0 saturated carbocycles. The summed E-state index contributed by atoms with van der Waals surface area (Å²) in [6.07, 6.45) is 4.32. The standard InChI is InChI=1S/C24H21N5O5/c1-28(18-7-5-4-6-17(18)23(31)33-2)22(30)16-9-11-21-26-13-19(29(21)14-16)15-8-10-20(25-12-15)27-24(32)34-3/h4-14H,1-3H3,(H,25,27,32). The summed E-state index contributed by atoms with van der Waals surface area (Å²) in [5.41, 5.74) is 3.20. The van der Waals surface area contributed by atoms with E-state index in [4.69, 9.17) is 4.74 Å². The second-order valence-electron chi connectivity index (χ2n) is 7.21. The molecule has 34 heavy (non-hydrogen) atoms. The van der Waals surface area contributed by atoms with Gasteiger partial charge in [-0.3, -0.25) is 14.5 Å². The highest BCUT2D eigenvalue weighted by atomic mass is 16.5. The first-order valence-electron chi connectivity index (χ1n) is 10.2. The number of esters is 1. The van der Waals surface area contributed by atoms with Crippen LogP contribution in [0.15, 0.2) is 67.1 Å². The fourth-order valence-corrected chi connectivity index (χ4v) is 3.45. The molecule has 10 nitrogen and oxygen atoms in total. The van der Waals surface area contributed by atoms with Gasteiger partial charge in [-0.1, -0.05) is 12.1 Å². The van der Waals surface area contributed by atoms with E-state index in [0.717, 1.165) is 5.56 Å². The number of carbonyl (C=O) groups excluding carboxylic acids is 3. The second kappa shape index (κ2) is 9.41. The van der Waals surface area contributed by atoms with Crippen LogP contribution in [0, 0.1) is 0 Å². The van der Waals surface area contributed by atoms with Crippen LogP contribution in [0.2, 0.25) is 0 Å². The van der Waals surface area contributed by atoms with Gasteiger partial charge in [-0.25, -0.2) is 19.6 Å². The van der Waals surface area contributed by atoms with E-state index in [2.05, 4.69) is 20.0 Å². The first-order chi connectivity index (χ1) is 16.4. The SMILES string of the molecule is COC(=O)Nc1ccc(-c2cnc3ccc(C(=O)N(C)c4ccccc4C(=O)OC)cn23)cn1. The molecule has 172 valence electrons. The minimum Gasteiger partial charge on any atom is -0.465 e. The number of imidazole rings is 1. The van der Waals surface area contributed by atoms with Crippen LogP contribution in [0.1, 0.15) is 20.7 Å². The number of pyridine rings is 2. The van der Waals surface area contributed by atoms with Crippen LogP contribution in [0.25, 0.3) is 16.9 Å². The highest BCUT2D eigenvalue weighted by Gasteiger charge is 2.21. The molecule has 0 spiro atoms. The highest BCUT2D eigenvalue weighted by Crippen LogP contribution is 2.24. The Labute approximate surface area is 194 Å². The molecule has 4 aromatic rings. The number of hydrogen-bond donors (Lipinski definition) is 1. The van der Waals surface area contributed by atoms with Crippen molar-refractivity contribution in [3.63, 3.8) is 0 Å². The summed E-state index contributed by atoms with van der Waals surface area (Å²) in [6, 6.07) is 13.6. The number of para-hydroxylation sites is 1. The Morgan fingerprint density at radius 1 is 0.941 bits per heavy atom. The van der Waals surface area contributed by atoms with Crippen LogP contribution in [0.4, 0.5) is 16.3 Å². The third-order valence-electron chi connectivity index (χ3n) is 5.20. The predicted molar refractivity (Wildman–Crippen MR) is 125 cm³/mol. The van der Waals surface area contributed by atoms with Gasteiger partial charge < -0.3 is 14.4 Å². The summed E-state index contributed by atoms with van der Waals surface area (Å²) in [7, 11) is 4.16. The molecule has 0 unspecified atom stereocenters. The molecule has 3 heterocycles. The molecule has 0 radical (unpaired) electrons. The quantitative estimate of drug-likeness (QED) is 0.453.